The van der Waals surface area contributed by atoms with Gasteiger partial charge in [-0.1, -0.05) is 55.9 Å². The maximum Gasteiger partial charge on any atom is 0.263 e. The first-order chi connectivity index (χ1) is 13.3. The molecule has 0 bridgehead atoms. The van der Waals surface area contributed by atoms with E-state index in [0.29, 0.717) is 19.1 Å². The van der Waals surface area contributed by atoms with E-state index in [2.05, 4.69) is 39.8 Å². The Morgan fingerprint density at radius 1 is 1.29 bits per heavy atom. The quantitative estimate of drug-likeness (QED) is 0.422. The predicted octanol–water partition coefficient (Wildman–Crippen LogP) is 5.26. The van der Waals surface area contributed by atoms with Gasteiger partial charge in [0.25, 0.3) is 5.56 Å². The molecule has 28 heavy (non-hydrogen) atoms. The lowest BCUT2D eigenvalue weighted by molar-refractivity contribution is -0.0379. The van der Waals surface area contributed by atoms with Gasteiger partial charge in [-0.05, 0) is 30.9 Å². The number of nitrogens with zero attached hydrogens (tertiary/aromatic N) is 2. The SMILES string of the molecule is CC(C)Cn1c(SCc2ccccc2)nc2sc3c(c2c1=O)CC(C)(C)OC3. The van der Waals surface area contributed by atoms with E-state index in [1.165, 1.54) is 5.56 Å². The van der Waals surface area contributed by atoms with Gasteiger partial charge < -0.3 is 4.74 Å². The highest BCUT2D eigenvalue weighted by atomic mass is 32.2. The van der Waals surface area contributed by atoms with E-state index in [0.717, 1.165) is 38.0 Å². The van der Waals surface area contributed by atoms with E-state index in [4.69, 9.17) is 9.72 Å². The van der Waals surface area contributed by atoms with E-state index in [-0.39, 0.29) is 11.2 Å². The Morgan fingerprint density at radius 2 is 2.04 bits per heavy atom. The second-order valence-corrected chi connectivity index (χ2v) is 10.4. The van der Waals surface area contributed by atoms with Crippen molar-refractivity contribution in [2.45, 2.75) is 63.8 Å². The minimum Gasteiger partial charge on any atom is -0.370 e. The van der Waals surface area contributed by atoms with E-state index in [1.807, 2.05) is 22.8 Å². The fourth-order valence-corrected chi connectivity index (χ4v) is 5.67. The van der Waals surface area contributed by atoms with Crippen LogP contribution < -0.4 is 5.56 Å². The summed E-state index contributed by atoms with van der Waals surface area (Å²) in [4.78, 5) is 20.5. The molecule has 2 aromatic heterocycles. The van der Waals surface area contributed by atoms with Crippen molar-refractivity contribution < 1.29 is 4.74 Å². The third kappa shape index (κ3) is 3.91. The van der Waals surface area contributed by atoms with Crippen LogP contribution in [0.15, 0.2) is 40.3 Å². The Kier molecular flexibility index (Phi) is 5.38. The van der Waals surface area contributed by atoms with Crippen molar-refractivity contribution in [1.29, 1.82) is 0 Å². The Morgan fingerprint density at radius 3 is 2.75 bits per heavy atom. The van der Waals surface area contributed by atoms with Gasteiger partial charge in [0.05, 0.1) is 17.6 Å². The molecule has 1 aliphatic rings. The highest BCUT2D eigenvalue weighted by Crippen LogP contribution is 2.37. The van der Waals surface area contributed by atoms with E-state index in [9.17, 15) is 4.79 Å². The van der Waals surface area contributed by atoms with E-state index < -0.39 is 0 Å². The zero-order valence-electron chi connectivity index (χ0n) is 16.8. The number of rotatable bonds is 5. The third-order valence-corrected chi connectivity index (χ3v) is 7.06. The van der Waals surface area contributed by atoms with Gasteiger partial charge in [-0.15, -0.1) is 11.3 Å². The number of aromatic nitrogens is 2. The van der Waals surface area contributed by atoms with Crippen LogP contribution in [-0.2, 0) is 30.1 Å². The lowest BCUT2D eigenvalue weighted by Gasteiger charge is -2.30. The highest BCUT2D eigenvalue weighted by molar-refractivity contribution is 7.98. The van der Waals surface area contributed by atoms with E-state index in [1.54, 1.807) is 23.1 Å². The molecule has 3 aromatic rings. The average molecular weight is 415 g/mol. The molecule has 0 saturated carbocycles. The molecule has 0 radical (unpaired) electrons. The molecule has 1 aromatic carbocycles. The maximum absolute atomic E-state index is 13.5. The number of fused-ring (bicyclic) bond motifs is 3. The van der Waals surface area contributed by atoms with Crippen molar-refractivity contribution in [3.8, 4) is 0 Å². The lowest BCUT2D eigenvalue weighted by atomic mass is 9.94. The van der Waals surface area contributed by atoms with Crippen LogP contribution >= 0.6 is 23.1 Å². The van der Waals surface area contributed by atoms with Gasteiger partial charge in [0, 0.05) is 23.6 Å². The average Bonchev–Trinajstić information content (AvgIpc) is 2.99. The monoisotopic (exact) mass is 414 g/mol. The Balaban J connectivity index is 1.80. The van der Waals surface area contributed by atoms with Crippen molar-refractivity contribution in [2.24, 2.45) is 5.92 Å². The van der Waals surface area contributed by atoms with Gasteiger partial charge in [-0.2, -0.15) is 0 Å². The zero-order chi connectivity index (χ0) is 19.9. The summed E-state index contributed by atoms with van der Waals surface area (Å²) in [6.07, 6.45) is 0.761. The maximum atomic E-state index is 13.5. The van der Waals surface area contributed by atoms with E-state index >= 15 is 0 Å². The minimum absolute atomic E-state index is 0.101. The summed E-state index contributed by atoms with van der Waals surface area (Å²) in [6, 6.07) is 10.3. The van der Waals surface area contributed by atoms with Gasteiger partial charge >= 0.3 is 0 Å². The normalized spacial score (nSPS) is 15.9. The summed E-state index contributed by atoms with van der Waals surface area (Å²) >= 11 is 3.26. The molecule has 148 valence electrons. The second kappa shape index (κ2) is 7.65. The number of hydrogen-bond donors (Lipinski definition) is 0. The smallest absolute Gasteiger partial charge is 0.263 e. The molecule has 4 rings (SSSR count). The minimum atomic E-state index is -0.239. The number of thiophene rings is 1. The number of hydrogen-bond acceptors (Lipinski definition) is 5. The number of thioether (sulfide) groups is 1. The molecule has 3 heterocycles. The zero-order valence-corrected chi connectivity index (χ0v) is 18.5. The van der Waals surface area contributed by atoms with Gasteiger partial charge in [-0.3, -0.25) is 9.36 Å². The van der Waals surface area contributed by atoms with Gasteiger partial charge in [-0.25, -0.2) is 4.98 Å². The second-order valence-electron chi connectivity index (χ2n) is 8.39. The molecule has 0 saturated heterocycles. The molecule has 6 heteroatoms. The van der Waals surface area contributed by atoms with Crippen molar-refractivity contribution in [3.63, 3.8) is 0 Å². The summed E-state index contributed by atoms with van der Waals surface area (Å²) in [5, 5.41) is 1.62. The van der Waals surface area contributed by atoms with Crippen molar-refractivity contribution >= 4 is 33.3 Å². The number of ether oxygens (including phenoxy) is 1. The first-order valence-electron chi connectivity index (χ1n) is 9.70. The molecular formula is C22H26N2O2S2. The molecule has 0 fully saturated rings. The summed E-state index contributed by atoms with van der Waals surface area (Å²) in [6.45, 7) is 9.71. The Bertz CT molecular complexity index is 1050. The molecule has 0 spiro atoms. The Labute approximate surface area is 174 Å². The summed E-state index contributed by atoms with van der Waals surface area (Å²) in [5.41, 5.74) is 2.24. The van der Waals surface area contributed by atoms with Gasteiger partial charge in [0.2, 0.25) is 0 Å². The topological polar surface area (TPSA) is 44.1 Å². The molecule has 1 aliphatic heterocycles. The summed E-state index contributed by atoms with van der Waals surface area (Å²) in [7, 11) is 0. The van der Waals surface area contributed by atoms with Crippen LogP contribution in [0.3, 0.4) is 0 Å². The van der Waals surface area contributed by atoms with Gasteiger partial charge in [0.15, 0.2) is 5.16 Å². The molecule has 0 aliphatic carbocycles. The predicted molar refractivity (Wildman–Crippen MR) is 117 cm³/mol. The first-order valence-corrected chi connectivity index (χ1v) is 11.5. The fourth-order valence-electron chi connectivity index (χ4n) is 3.57. The third-order valence-electron chi connectivity index (χ3n) is 4.91. The van der Waals surface area contributed by atoms with Crippen LogP contribution in [0.2, 0.25) is 0 Å². The van der Waals surface area contributed by atoms with Crippen LogP contribution in [0.4, 0.5) is 0 Å². The largest absolute Gasteiger partial charge is 0.370 e. The standard InChI is InChI=1S/C22H26N2O2S2/c1-14(2)11-24-20(25)18-16-10-22(3,4)26-12-17(16)28-19(18)23-21(24)27-13-15-8-6-5-7-9-15/h5-9,14H,10-13H2,1-4H3. The van der Waals surface area contributed by atoms with Crippen molar-refractivity contribution in [1.82, 2.24) is 9.55 Å². The van der Waals surface area contributed by atoms with Crippen LogP contribution in [0.25, 0.3) is 10.2 Å². The Hall–Kier alpha value is -1.63. The molecule has 4 nitrogen and oxygen atoms in total. The summed E-state index contributed by atoms with van der Waals surface area (Å²) < 4.78 is 7.85. The van der Waals surface area contributed by atoms with Crippen LogP contribution in [0.5, 0.6) is 0 Å². The highest BCUT2D eigenvalue weighted by Gasteiger charge is 2.31. The van der Waals surface area contributed by atoms with Gasteiger partial charge in [0.1, 0.15) is 4.83 Å². The summed E-state index contributed by atoms with van der Waals surface area (Å²) in [5.74, 6) is 1.18. The van der Waals surface area contributed by atoms with Crippen LogP contribution in [-0.4, -0.2) is 15.2 Å². The molecule has 0 N–H and O–H groups in total. The lowest BCUT2D eigenvalue weighted by Crippen LogP contribution is -2.32. The van der Waals surface area contributed by atoms with Crippen LogP contribution in [0.1, 0.15) is 43.7 Å². The number of benzene rings is 1. The molecular weight excluding hydrogens is 388 g/mol. The van der Waals surface area contributed by atoms with Crippen molar-refractivity contribution in [3.05, 3.63) is 56.7 Å². The van der Waals surface area contributed by atoms with Crippen molar-refractivity contribution in [2.75, 3.05) is 0 Å². The van der Waals surface area contributed by atoms with Crippen LogP contribution in [0, 0.1) is 5.92 Å². The first kappa shape index (κ1) is 19.7. The fraction of sp³-hybridized carbons (Fsp3) is 0.455. The molecule has 0 atom stereocenters. The molecule has 0 unspecified atom stereocenters. The molecule has 0 amide bonds.